The lowest BCUT2D eigenvalue weighted by Gasteiger charge is -2.36. The Labute approximate surface area is 159 Å². The fourth-order valence-electron chi connectivity index (χ4n) is 3.10. The van der Waals surface area contributed by atoms with Gasteiger partial charge in [0.25, 0.3) is 5.91 Å². The fourth-order valence-corrected chi connectivity index (χ4v) is 3.48. The highest BCUT2D eigenvalue weighted by Gasteiger charge is 2.29. The van der Waals surface area contributed by atoms with Crippen molar-refractivity contribution in [1.82, 2.24) is 15.5 Å². The van der Waals surface area contributed by atoms with E-state index in [0.717, 1.165) is 32.4 Å². The summed E-state index contributed by atoms with van der Waals surface area (Å²) in [6.07, 6.45) is 2.76. The van der Waals surface area contributed by atoms with Crippen molar-refractivity contribution in [3.63, 3.8) is 0 Å². The lowest BCUT2D eigenvalue weighted by molar-refractivity contribution is -0.135. The molecule has 1 aromatic carbocycles. The van der Waals surface area contributed by atoms with Gasteiger partial charge >= 0.3 is 0 Å². The van der Waals surface area contributed by atoms with E-state index in [2.05, 4.69) is 17.6 Å². The minimum atomic E-state index is -0.621. The Balaban J connectivity index is 2.06. The molecule has 5 nitrogen and oxygen atoms in total. The molecule has 1 saturated heterocycles. The van der Waals surface area contributed by atoms with E-state index in [1.807, 2.05) is 4.90 Å². The second-order valence-corrected chi connectivity index (χ2v) is 7.09. The monoisotopic (exact) mass is 385 g/mol. The lowest BCUT2D eigenvalue weighted by Crippen LogP contribution is -2.53. The van der Waals surface area contributed by atoms with E-state index in [1.165, 1.54) is 0 Å². The molecule has 2 amide bonds. The van der Waals surface area contributed by atoms with E-state index in [9.17, 15) is 9.59 Å². The van der Waals surface area contributed by atoms with E-state index in [-0.39, 0.29) is 22.5 Å². The highest BCUT2D eigenvalue weighted by Crippen LogP contribution is 2.25. The van der Waals surface area contributed by atoms with Crippen molar-refractivity contribution in [2.24, 2.45) is 0 Å². The highest BCUT2D eigenvalue weighted by molar-refractivity contribution is 6.43. The number of piperidine rings is 1. The molecule has 0 aromatic heterocycles. The number of benzene rings is 1. The van der Waals surface area contributed by atoms with Gasteiger partial charge in [0.05, 0.1) is 15.6 Å². The minimum Gasteiger partial charge on any atom is -0.340 e. The topological polar surface area (TPSA) is 61.4 Å². The molecule has 7 heteroatoms. The van der Waals surface area contributed by atoms with Crippen LogP contribution >= 0.6 is 23.2 Å². The number of halogens is 2. The summed E-state index contributed by atoms with van der Waals surface area (Å²) in [6.45, 7) is 6.29. The van der Waals surface area contributed by atoms with Gasteiger partial charge in [-0.3, -0.25) is 9.59 Å². The van der Waals surface area contributed by atoms with Crippen LogP contribution in [0.1, 0.15) is 43.5 Å². The average Bonchev–Trinajstić information content (AvgIpc) is 2.62. The number of amides is 2. The fraction of sp³-hybridized carbons (Fsp3) is 0.556. The maximum atomic E-state index is 12.9. The van der Waals surface area contributed by atoms with Gasteiger partial charge in [-0.1, -0.05) is 36.2 Å². The Morgan fingerprint density at radius 3 is 2.64 bits per heavy atom. The normalized spacial score (nSPS) is 16.3. The third kappa shape index (κ3) is 5.09. The summed E-state index contributed by atoms with van der Waals surface area (Å²) in [7, 11) is 0. The summed E-state index contributed by atoms with van der Waals surface area (Å²) in [5.74, 6) is -0.449. The Morgan fingerprint density at radius 2 is 2.00 bits per heavy atom. The van der Waals surface area contributed by atoms with Gasteiger partial charge < -0.3 is 15.5 Å². The Morgan fingerprint density at radius 1 is 1.32 bits per heavy atom. The first-order chi connectivity index (χ1) is 12.0. The van der Waals surface area contributed by atoms with Gasteiger partial charge in [0, 0.05) is 12.6 Å². The zero-order valence-electron chi connectivity index (χ0n) is 14.6. The standard InChI is InChI=1S/C18H25Cl2N3O2/c1-3-11-23(13-7-9-21-10-8-13)18(25)12(2)22-17(24)14-5-4-6-15(19)16(14)20/h4-6,12-13,21H,3,7-11H2,1-2H3,(H,22,24). The smallest absolute Gasteiger partial charge is 0.253 e. The van der Waals surface area contributed by atoms with Crippen LogP contribution in [0.2, 0.25) is 10.0 Å². The van der Waals surface area contributed by atoms with Crippen molar-refractivity contribution in [2.75, 3.05) is 19.6 Å². The molecule has 1 aliphatic rings. The molecule has 138 valence electrons. The molecule has 0 aliphatic carbocycles. The third-order valence-corrected chi connectivity index (χ3v) is 5.23. The minimum absolute atomic E-state index is 0.0553. The van der Waals surface area contributed by atoms with E-state index in [0.29, 0.717) is 11.6 Å². The molecule has 1 aliphatic heterocycles. The van der Waals surface area contributed by atoms with Crippen molar-refractivity contribution in [2.45, 2.75) is 45.2 Å². The number of hydrogen-bond acceptors (Lipinski definition) is 3. The summed E-state index contributed by atoms with van der Waals surface area (Å²) in [4.78, 5) is 27.2. The first-order valence-corrected chi connectivity index (χ1v) is 9.47. The van der Waals surface area contributed by atoms with Gasteiger partial charge in [-0.25, -0.2) is 0 Å². The molecule has 1 fully saturated rings. The molecule has 25 heavy (non-hydrogen) atoms. The largest absolute Gasteiger partial charge is 0.340 e. The SMILES string of the molecule is CCCN(C(=O)C(C)NC(=O)c1cccc(Cl)c1Cl)C1CCNCC1. The van der Waals surface area contributed by atoms with Crippen LogP contribution in [-0.4, -0.2) is 48.4 Å². The van der Waals surface area contributed by atoms with Gasteiger partial charge in [0.1, 0.15) is 6.04 Å². The number of carbonyl (C=O) groups excluding carboxylic acids is 2. The van der Waals surface area contributed by atoms with Crippen molar-refractivity contribution < 1.29 is 9.59 Å². The average molecular weight is 386 g/mol. The van der Waals surface area contributed by atoms with E-state index < -0.39 is 11.9 Å². The van der Waals surface area contributed by atoms with Crippen LogP contribution in [0.4, 0.5) is 0 Å². The second kappa shape index (κ2) is 9.41. The van der Waals surface area contributed by atoms with Crippen LogP contribution in [-0.2, 0) is 4.79 Å². The number of rotatable bonds is 6. The van der Waals surface area contributed by atoms with Crippen LogP contribution in [0, 0.1) is 0 Å². The number of carbonyl (C=O) groups is 2. The molecule has 0 spiro atoms. The quantitative estimate of drug-likeness (QED) is 0.790. The Bertz CT molecular complexity index is 618. The first-order valence-electron chi connectivity index (χ1n) is 8.71. The Kier molecular flexibility index (Phi) is 7.54. The number of hydrogen-bond donors (Lipinski definition) is 2. The molecular weight excluding hydrogens is 361 g/mol. The number of nitrogens with zero attached hydrogens (tertiary/aromatic N) is 1. The second-order valence-electron chi connectivity index (χ2n) is 6.31. The van der Waals surface area contributed by atoms with Crippen LogP contribution < -0.4 is 10.6 Å². The molecule has 1 heterocycles. The molecule has 1 aromatic rings. The predicted molar refractivity (Wildman–Crippen MR) is 101 cm³/mol. The first kappa shape index (κ1) is 20.0. The van der Waals surface area contributed by atoms with Crippen LogP contribution in [0.5, 0.6) is 0 Å². The summed E-state index contributed by atoms with van der Waals surface area (Å²) in [6, 6.07) is 4.48. The van der Waals surface area contributed by atoms with Crippen molar-refractivity contribution >= 4 is 35.0 Å². The maximum Gasteiger partial charge on any atom is 0.253 e. The van der Waals surface area contributed by atoms with Gasteiger partial charge in [-0.05, 0) is 51.4 Å². The third-order valence-electron chi connectivity index (χ3n) is 4.41. The molecule has 0 bridgehead atoms. The number of nitrogens with one attached hydrogen (secondary N) is 2. The van der Waals surface area contributed by atoms with Gasteiger partial charge in [0.15, 0.2) is 0 Å². The molecule has 1 unspecified atom stereocenters. The summed E-state index contributed by atoms with van der Waals surface area (Å²) < 4.78 is 0. The zero-order valence-corrected chi connectivity index (χ0v) is 16.2. The maximum absolute atomic E-state index is 12.9. The van der Waals surface area contributed by atoms with Crippen molar-refractivity contribution in [1.29, 1.82) is 0 Å². The molecule has 0 radical (unpaired) electrons. The van der Waals surface area contributed by atoms with E-state index >= 15 is 0 Å². The van der Waals surface area contributed by atoms with Crippen LogP contribution in [0.25, 0.3) is 0 Å². The lowest BCUT2D eigenvalue weighted by atomic mass is 10.0. The van der Waals surface area contributed by atoms with Gasteiger partial charge in [0.2, 0.25) is 5.91 Å². The van der Waals surface area contributed by atoms with Crippen molar-refractivity contribution in [3.8, 4) is 0 Å². The summed E-state index contributed by atoms with van der Waals surface area (Å²) in [5.41, 5.74) is 0.276. The molecule has 2 N–H and O–H groups in total. The van der Waals surface area contributed by atoms with E-state index in [1.54, 1.807) is 25.1 Å². The summed E-state index contributed by atoms with van der Waals surface area (Å²) in [5, 5.41) is 6.58. The van der Waals surface area contributed by atoms with E-state index in [4.69, 9.17) is 23.2 Å². The molecule has 2 rings (SSSR count). The Hall–Kier alpha value is -1.30. The van der Waals surface area contributed by atoms with Crippen LogP contribution in [0.15, 0.2) is 18.2 Å². The predicted octanol–water partition coefficient (Wildman–Crippen LogP) is 3.10. The zero-order chi connectivity index (χ0) is 18.4. The van der Waals surface area contributed by atoms with Gasteiger partial charge in [-0.15, -0.1) is 0 Å². The van der Waals surface area contributed by atoms with Gasteiger partial charge in [-0.2, -0.15) is 0 Å². The summed E-state index contributed by atoms with van der Waals surface area (Å²) >= 11 is 12.0. The van der Waals surface area contributed by atoms with Crippen LogP contribution in [0.3, 0.4) is 0 Å². The highest BCUT2D eigenvalue weighted by atomic mass is 35.5. The van der Waals surface area contributed by atoms with Crippen molar-refractivity contribution in [3.05, 3.63) is 33.8 Å². The molecular formula is C18H25Cl2N3O2. The molecule has 1 atom stereocenters. The molecule has 0 saturated carbocycles.